The molecular weight excluding hydrogens is 385 g/mol. The van der Waals surface area contributed by atoms with Gasteiger partial charge in [-0.3, -0.25) is 9.69 Å². The Balaban J connectivity index is 1.61. The SMILES string of the molecule is C/C(COc1ccc(C(=O)N2CCCC2CN2CCCC2C)c(F)c1)=N\OC(C)C. The van der Waals surface area contributed by atoms with Gasteiger partial charge in [-0.1, -0.05) is 5.16 Å². The molecule has 2 fully saturated rings. The third-order valence-corrected chi connectivity index (χ3v) is 5.81. The summed E-state index contributed by atoms with van der Waals surface area (Å²) < 4.78 is 20.3. The third-order valence-electron chi connectivity index (χ3n) is 5.81. The number of oxime groups is 1. The fourth-order valence-electron chi connectivity index (χ4n) is 4.15. The average Bonchev–Trinajstić information content (AvgIpc) is 3.34. The van der Waals surface area contributed by atoms with Crippen LogP contribution in [0.4, 0.5) is 4.39 Å². The van der Waals surface area contributed by atoms with E-state index >= 15 is 0 Å². The zero-order valence-electron chi connectivity index (χ0n) is 18.6. The first-order chi connectivity index (χ1) is 14.3. The van der Waals surface area contributed by atoms with Crippen molar-refractivity contribution < 1.29 is 18.8 Å². The van der Waals surface area contributed by atoms with Crippen LogP contribution in [0, 0.1) is 5.82 Å². The zero-order valence-corrected chi connectivity index (χ0v) is 18.6. The first-order valence-corrected chi connectivity index (χ1v) is 11.0. The van der Waals surface area contributed by atoms with E-state index in [9.17, 15) is 9.18 Å². The van der Waals surface area contributed by atoms with Crippen LogP contribution in [-0.2, 0) is 4.84 Å². The molecule has 0 bridgehead atoms. The Labute approximate surface area is 179 Å². The molecule has 0 N–H and O–H groups in total. The van der Waals surface area contributed by atoms with Gasteiger partial charge in [-0.05, 0) is 72.1 Å². The molecule has 6 nitrogen and oxygen atoms in total. The summed E-state index contributed by atoms with van der Waals surface area (Å²) in [6.45, 7) is 10.7. The van der Waals surface area contributed by atoms with Crippen molar-refractivity contribution >= 4 is 11.6 Å². The van der Waals surface area contributed by atoms with Crippen molar-refractivity contribution in [3.05, 3.63) is 29.6 Å². The number of carbonyl (C=O) groups excluding carboxylic acids is 1. The van der Waals surface area contributed by atoms with Crippen molar-refractivity contribution in [2.75, 3.05) is 26.2 Å². The highest BCUT2D eigenvalue weighted by Crippen LogP contribution is 2.26. The first-order valence-electron chi connectivity index (χ1n) is 11.0. The summed E-state index contributed by atoms with van der Waals surface area (Å²) >= 11 is 0. The summed E-state index contributed by atoms with van der Waals surface area (Å²) in [5.74, 6) is -0.408. The van der Waals surface area contributed by atoms with Gasteiger partial charge in [0.15, 0.2) is 0 Å². The third kappa shape index (κ3) is 5.72. The minimum absolute atomic E-state index is 0.00853. The van der Waals surface area contributed by atoms with Crippen LogP contribution in [-0.4, -0.2) is 65.8 Å². The average molecular weight is 420 g/mol. The molecule has 2 saturated heterocycles. The number of hydrogen-bond acceptors (Lipinski definition) is 5. The summed E-state index contributed by atoms with van der Waals surface area (Å²) in [6, 6.07) is 5.16. The lowest BCUT2D eigenvalue weighted by molar-refractivity contribution is 0.0692. The number of nitrogens with zero attached hydrogens (tertiary/aromatic N) is 3. The Hall–Kier alpha value is -2.15. The summed E-state index contributed by atoms with van der Waals surface area (Å²) in [4.78, 5) is 22.5. The molecule has 2 atom stereocenters. The number of ether oxygens (including phenoxy) is 1. The van der Waals surface area contributed by atoms with Crippen molar-refractivity contribution in [2.24, 2.45) is 5.16 Å². The van der Waals surface area contributed by atoms with Crippen molar-refractivity contribution in [3.63, 3.8) is 0 Å². The number of rotatable bonds is 8. The number of likely N-dealkylation sites (tertiary alicyclic amines) is 2. The van der Waals surface area contributed by atoms with E-state index in [0.717, 1.165) is 25.9 Å². The topological polar surface area (TPSA) is 54.4 Å². The van der Waals surface area contributed by atoms with Crippen molar-refractivity contribution in [2.45, 2.75) is 71.6 Å². The number of benzene rings is 1. The molecule has 0 spiro atoms. The van der Waals surface area contributed by atoms with E-state index in [-0.39, 0.29) is 30.2 Å². The lowest BCUT2D eigenvalue weighted by atomic mass is 10.1. The van der Waals surface area contributed by atoms with Crippen LogP contribution in [0.5, 0.6) is 5.75 Å². The Bertz CT molecular complexity index is 768. The highest BCUT2D eigenvalue weighted by Gasteiger charge is 2.33. The van der Waals surface area contributed by atoms with Crippen molar-refractivity contribution in [1.29, 1.82) is 0 Å². The van der Waals surface area contributed by atoms with Gasteiger partial charge in [0.2, 0.25) is 0 Å². The molecule has 2 aliphatic heterocycles. The molecule has 7 heteroatoms. The second kappa shape index (κ2) is 10.2. The van der Waals surface area contributed by atoms with Crippen LogP contribution in [0.15, 0.2) is 23.4 Å². The summed E-state index contributed by atoms with van der Waals surface area (Å²) in [5.41, 5.74) is 0.762. The molecular formula is C23H34FN3O3. The van der Waals surface area contributed by atoms with Crippen LogP contribution in [0.3, 0.4) is 0 Å². The van der Waals surface area contributed by atoms with E-state index in [1.54, 1.807) is 13.0 Å². The Morgan fingerprint density at radius 3 is 2.70 bits per heavy atom. The molecule has 0 radical (unpaired) electrons. The molecule has 30 heavy (non-hydrogen) atoms. The monoisotopic (exact) mass is 419 g/mol. The fourth-order valence-corrected chi connectivity index (χ4v) is 4.15. The van der Waals surface area contributed by atoms with Gasteiger partial charge in [0, 0.05) is 31.2 Å². The largest absolute Gasteiger partial charge is 0.487 e. The standard InChI is InChI=1S/C23H34FN3O3/c1-16(2)30-25-17(3)15-29-20-9-10-21(22(24)13-20)23(28)27-12-6-8-19(27)14-26-11-5-7-18(26)4/h9-10,13,16,18-19H,5-8,11-12,14-15H2,1-4H3/b25-17+. The van der Waals surface area contributed by atoms with E-state index in [1.807, 2.05) is 18.7 Å². The van der Waals surface area contributed by atoms with E-state index in [4.69, 9.17) is 9.57 Å². The molecule has 0 aromatic heterocycles. The molecule has 2 aliphatic rings. The van der Waals surface area contributed by atoms with Gasteiger partial charge in [-0.25, -0.2) is 4.39 Å². The lowest BCUT2D eigenvalue weighted by Crippen LogP contribution is -2.44. The number of amides is 1. The van der Waals surface area contributed by atoms with E-state index in [0.29, 0.717) is 24.0 Å². The Kier molecular flexibility index (Phi) is 7.69. The smallest absolute Gasteiger partial charge is 0.257 e. The maximum absolute atomic E-state index is 14.7. The number of halogens is 1. The quantitative estimate of drug-likeness (QED) is 0.470. The number of hydrogen-bond donors (Lipinski definition) is 0. The normalized spacial score (nSPS) is 22.7. The van der Waals surface area contributed by atoms with Gasteiger partial charge in [0.1, 0.15) is 24.3 Å². The van der Waals surface area contributed by atoms with Gasteiger partial charge < -0.3 is 14.5 Å². The van der Waals surface area contributed by atoms with Gasteiger partial charge in [-0.15, -0.1) is 0 Å². The van der Waals surface area contributed by atoms with Gasteiger partial charge in [0.25, 0.3) is 5.91 Å². The van der Waals surface area contributed by atoms with Crippen LogP contribution >= 0.6 is 0 Å². The van der Waals surface area contributed by atoms with Crippen LogP contribution in [0.1, 0.15) is 63.7 Å². The molecule has 2 unspecified atom stereocenters. The number of carbonyl (C=O) groups is 1. The Morgan fingerprint density at radius 2 is 2.03 bits per heavy atom. The molecule has 1 aromatic carbocycles. The molecule has 166 valence electrons. The molecule has 0 saturated carbocycles. The van der Waals surface area contributed by atoms with Gasteiger partial charge in [-0.2, -0.15) is 0 Å². The molecule has 0 aliphatic carbocycles. The zero-order chi connectivity index (χ0) is 21.7. The minimum atomic E-state index is -0.550. The minimum Gasteiger partial charge on any atom is -0.487 e. The van der Waals surface area contributed by atoms with Crippen LogP contribution < -0.4 is 4.74 Å². The second-order valence-electron chi connectivity index (χ2n) is 8.69. The summed E-state index contributed by atoms with van der Waals surface area (Å²) in [7, 11) is 0. The van der Waals surface area contributed by atoms with Crippen molar-refractivity contribution in [1.82, 2.24) is 9.80 Å². The van der Waals surface area contributed by atoms with Crippen molar-refractivity contribution in [3.8, 4) is 5.75 Å². The molecule has 1 aromatic rings. The maximum atomic E-state index is 14.7. The second-order valence-corrected chi connectivity index (χ2v) is 8.69. The molecule has 1 amide bonds. The van der Waals surface area contributed by atoms with Gasteiger partial charge >= 0.3 is 0 Å². The lowest BCUT2D eigenvalue weighted by Gasteiger charge is -2.31. The fraction of sp³-hybridized carbons (Fsp3) is 0.652. The van der Waals surface area contributed by atoms with Gasteiger partial charge in [0.05, 0.1) is 11.3 Å². The van der Waals surface area contributed by atoms with E-state index in [2.05, 4.69) is 17.0 Å². The van der Waals surface area contributed by atoms with E-state index < -0.39 is 5.82 Å². The van der Waals surface area contributed by atoms with Crippen LogP contribution in [0.2, 0.25) is 0 Å². The molecule has 2 heterocycles. The summed E-state index contributed by atoms with van der Waals surface area (Å²) in [6.07, 6.45) is 4.37. The highest BCUT2D eigenvalue weighted by molar-refractivity contribution is 5.95. The summed E-state index contributed by atoms with van der Waals surface area (Å²) in [5, 5.41) is 3.95. The Morgan fingerprint density at radius 1 is 1.27 bits per heavy atom. The highest BCUT2D eigenvalue weighted by atomic mass is 19.1. The predicted molar refractivity (Wildman–Crippen MR) is 116 cm³/mol. The maximum Gasteiger partial charge on any atom is 0.257 e. The van der Waals surface area contributed by atoms with Crippen LogP contribution in [0.25, 0.3) is 0 Å². The van der Waals surface area contributed by atoms with E-state index in [1.165, 1.54) is 25.0 Å². The first kappa shape index (κ1) is 22.5. The molecule has 3 rings (SSSR count). The predicted octanol–water partition coefficient (Wildman–Crippen LogP) is 4.09.